The molecule has 1 fully saturated rings. The van der Waals surface area contributed by atoms with Gasteiger partial charge in [-0.1, -0.05) is 12.5 Å². The molecule has 6 nitrogen and oxygen atoms in total. The first-order valence-electron chi connectivity index (χ1n) is 7.43. The molecule has 0 radical (unpaired) electrons. The van der Waals surface area contributed by atoms with Gasteiger partial charge in [0.1, 0.15) is 0 Å². The van der Waals surface area contributed by atoms with Crippen LogP contribution in [0.15, 0.2) is 24.5 Å². The predicted octanol–water partition coefficient (Wildman–Crippen LogP) is 0.532. The molecular formula is C14H24N4O2S. The number of nitrogens with one attached hydrogen (secondary N) is 2. The third-order valence-corrected chi connectivity index (χ3v) is 5.41. The molecule has 0 aliphatic carbocycles. The van der Waals surface area contributed by atoms with Crippen molar-refractivity contribution in [3.05, 3.63) is 30.1 Å². The number of pyridine rings is 1. The Hall–Kier alpha value is -1.02. The molecule has 0 saturated carbocycles. The van der Waals surface area contributed by atoms with Gasteiger partial charge < -0.3 is 5.32 Å². The highest BCUT2D eigenvalue weighted by atomic mass is 32.2. The van der Waals surface area contributed by atoms with Gasteiger partial charge in [0.25, 0.3) is 10.2 Å². The van der Waals surface area contributed by atoms with Gasteiger partial charge in [-0.15, -0.1) is 0 Å². The second-order valence-corrected chi connectivity index (χ2v) is 7.04. The minimum atomic E-state index is -3.40. The van der Waals surface area contributed by atoms with Crippen molar-refractivity contribution >= 4 is 10.2 Å². The Bertz CT molecular complexity index is 519. The van der Waals surface area contributed by atoms with Crippen LogP contribution in [-0.2, 0) is 16.6 Å². The summed E-state index contributed by atoms with van der Waals surface area (Å²) in [5, 5.41) is 3.08. The summed E-state index contributed by atoms with van der Waals surface area (Å²) >= 11 is 0. The molecule has 0 aromatic carbocycles. The molecule has 2 heterocycles. The molecule has 0 spiro atoms. The highest BCUT2D eigenvalue weighted by Crippen LogP contribution is 2.19. The van der Waals surface area contributed by atoms with Crippen LogP contribution in [0.4, 0.5) is 0 Å². The van der Waals surface area contributed by atoms with Crippen LogP contribution in [0.1, 0.15) is 24.8 Å². The molecule has 1 aromatic heterocycles. The lowest BCUT2D eigenvalue weighted by Gasteiger charge is -2.34. The average Bonchev–Trinajstić information content (AvgIpc) is 2.49. The molecule has 2 N–H and O–H groups in total. The van der Waals surface area contributed by atoms with Crippen molar-refractivity contribution in [2.24, 2.45) is 0 Å². The molecule has 1 aromatic rings. The van der Waals surface area contributed by atoms with Crippen molar-refractivity contribution in [2.45, 2.75) is 31.7 Å². The van der Waals surface area contributed by atoms with Gasteiger partial charge in [0, 0.05) is 38.1 Å². The van der Waals surface area contributed by atoms with E-state index in [2.05, 4.69) is 15.0 Å². The summed E-state index contributed by atoms with van der Waals surface area (Å²) < 4.78 is 29.2. The molecule has 1 aliphatic rings. The zero-order valence-corrected chi connectivity index (χ0v) is 13.3. The van der Waals surface area contributed by atoms with Crippen molar-refractivity contribution in [3.8, 4) is 0 Å². The summed E-state index contributed by atoms with van der Waals surface area (Å²) in [7, 11) is -1.55. The first-order valence-corrected chi connectivity index (χ1v) is 8.87. The Kier molecular flexibility index (Phi) is 6.10. The zero-order chi connectivity index (χ0) is 15.1. The molecular weight excluding hydrogens is 288 g/mol. The summed E-state index contributed by atoms with van der Waals surface area (Å²) in [4.78, 5) is 4.03. The average molecular weight is 312 g/mol. The number of rotatable bonds is 7. The van der Waals surface area contributed by atoms with Gasteiger partial charge in [0.2, 0.25) is 0 Å². The summed E-state index contributed by atoms with van der Waals surface area (Å²) in [6, 6.07) is 3.86. The minimum absolute atomic E-state index is 0.0552. The quantitative estimate of drug-likeness (QED) is 0.770. The normalized spacial score (nSPS) is 20.5. The Morgan fingerprint density at radius 3 is 3.00 bits per heavy atom. The first-order chi connectivity index (χ1) is 10.1. The van der Waals surface area contributed by atoms with Gasteiger partial charge in [-0.05, 0) is 37.9 Å². The molecule has 0 amide bonds. The number of hydrogen-bond donors (Lipinski definition) is 2. The largest absolute Gasteiger partial charge is 0.318 e. The third-order valence-electron chi connectivity index (χ3n) is 3.74. The summed E-state index contributed by atoms with van der Waals surface area (Å²) in [6.45, 7) is 1.70. The SMILES string of the molecule is CNCC1CCCCN1S(=O)(=O)NCCc1cccnc1. The van der Waals surface area contributed by atoms with Gasteiger partial charge >= 0.3 is 0 Å². The van der Waals surface area contributed by atoms with E-state index in [-0.39, 0.29) is 6.04 Å². The van der Waals surface area contributed by atoms with E-state index in [4.69, 9.17) is 0 Å². The molecule has 2 rings (SSSR count). The highest BCUT2D eigenvalue weighted by Gasteiger charge is 2.31. The number of nitrogens with zero attached hydrogens (tertiary/aromatic N) is 2. The van der Waals surface area contributed by atoms with Crippen molar-refractivity contribution in [2.75, 3.05) is 26.7 Å². The Labute approximate surface area is 127 Å². The molecule has 1 atom stereocenters. The smallest absolute Gasteiger partial charge is 0.279 e. The number of likely N-dealkylation sites (N-methyl/N-ethyl adjacent to an activating group) is 1. The van der Waals surface area contributed by atoms with Gasteiger partial charge in [-0.25, -0.2) is 4.72 Å². The van der Waals surface area contributed by atoms with Crippen molar-refractivity contribution < 1.29 is 8.42 Å². The van der Waals surface area contributed by atoms with E-state index in [1.54, 1.807) is 16.7 Å². The monoisotopic (exact) mass is 312 g/mol. The van der Waals surface area contributed by atoms with Crippen LogP contribution in [0.2, 0.25) is 0 Å². The first kappa shape index (κ1) is 16.4. The second kappa shape index (κ2) is 7.84. The molecule has 1 unspecified atom stereocenters. The van der Waals surface area contributed by atoms with E-state index in [9.17, 15) is 8.42 Å². The van der Waals surface area contributed by atoms with E-state index in [0.29, 0.717) is 26.1 Å². The summed E-state index contributed by atoms with van der Waals surface area (Å²) in [5.41, 5.74) is 1.03. The Balaban J connectivity index is 1.90. The maximum absolute atomic E-state index is 12.4. The summed E-state index contributed by atoms with van der Waals surface area (Å²) in [6.07, 6.45) is 7.07. The second-order valence-electron chi connectivity index (χ2n) is 5.33. The van der Waals surface area contributed by atoms with E-state index in [0.717, 1.165) is 24.8 Å². The minimum Gasteiger partial charge on any atom is -0.318 e. The third kappa shape index (κ3) is 4.74. The van der Waals surface area contributed by atoms with Gasteiger partial charge in [-0.2, -0.15) is 12.7 Å². The maximum atomic E-state index is 12.4. The molecule has 0 bridgehead atoms. The number of piperidine rings is 1. The van der Waals surface area contributed by atoms with Crippen LogP contribution in [0.5, 0.6) is 0 Å². The van der Waals surface area contributed by atoms with Crippen LogP contribution < -0.4 is 10.0 Å². The van der Waals surface area contributed by atoms with Crippen molar-refractivity contribution in [1.82, 2.24) is 19.3 Å². The van der Waals surface area contributed by atoms with Gasteiger partial charge in [0.15, 0.2) is 0 Å². The van der Waals surface area contributed by atoms with Crippen molar-refractivity contribution in [1.29, 1.82) is 0 Å². The summed E-state index contributed by atoms with van der Waals surface area (Å²) in [5.74, 6) is 0. The van der Waals surface area contributed by atoms with E-state index in [1.807, 2.05) is 19.2 Å². The number of hydrogen-bond acceptors (Lipinski definition) is 4. The molecule has 1 aliphatic heterocycles. The lowest BCUT2D eigenvalue weighted by molar-refractivity contribution is 0.246. The molecule has 1 saturated heterocycles. The molecule has 118 valence electrons. The topological polar surface area (TPSA) is 74.3 Å². The van der Waals surface area contributed by atoms with E-state index >= 15 is 0 Å². The van der Waals surface area contributed by atoms with E-state index < -0.39 is 10.2 Å². The standard InChI is InChI=1S/C14H24N4O2S/c1-15-12-14-6-2-3-10-18(14)21(19,20)17-9-7-13-5-4-8-16-11-13/h4-5,8,11,14-15,17H,2-3,6-7,9-10,12H2,1H3. The lowest BCUT2D eigenvalue weighted by atomic mass is 10.1. The van der Waals surface area contributed by atoms with Crippen LogP contribution in [0, 0.1) is 0 Å². The van der Waals surface area contributed by atoms with E-state index in [1.165, 1.54) is 0 Å². The van der Waals surface area contributed by atoms with Crippen molar-refractivity contribution in [3.63, 3.8) is 0 Å². The predicted molar refractivity (Wildman–Crippen MR) is 83.1 cm³/mol. The Morgan fingerprint density at radius 1 is 1.43 bits per heavy atom. The maximum Gasteiger partial charge on any atom is 0.279 e. The van der Waals surface area contributed by atoms with Crippen LogP contribution in [0.3, 0.4) is 0 Å². The Morgan fingerprint density at radius 2 is 2.29 bits per heavy atom. The fourth-order valence-corrected chi connectivity index (χ4v) is 4.15. The highest BCUT2D eigenvalue weighted by molar-refractivity contribution is 7.87. The fraction of sp³-hybridized carbons (Fsp3) is 0.643. The number of aromatic nitrogens is 1. The van der Waals surface area contributed by atoms with Crippen LogP contribution in [-0.4, -0.2) is 50.4 Å². The van der Waals surface area contributed by atoms with Gasteiger partial charge in [0.05, 0.1) is 0 Å². The van der Waals surface area contributed by atoms with Crippen LogP contribution in [0.25, 0.3) is 0 Å². The fourth-order valence-electron chi connectivity index (χ4n) is 2.68. The van der Waals surface area contributed by atoms with Gasteiger partial charge in [-0.3, -0.25) is 4.98 Å². The molecule has 7 heteroatoms. The lowest BCUT2D eigenvalue weighted by Crippen LogP contribution is -2.52. The molecule has 21 heavy (non-hydrogen) atoms. The van der Waals surface area contributed by atoms with Crippen LogP contribution >= 0.6 is 0 Å². The zero-order valence-electron chi connectivity index (χ0n) is 12.5.